The molecule has 1 aromatic carbocycles. The molecule has 0 saturated heterocycles. The second kappa shape index (κ2) is 3.05. The molecular formula is C8H9N2O. The third-order valence-corrected chi connectivity index (χ3v) is 1.28. The average Bonchev–Trinajstić information content (AvgIpc) is 1.93. The van der Waals surface area contributed by atoms with Crippen LogP contribution in [0.2, 0.25) is 0 Å². The van der Waals surface area contributed by atoms with Crippen LogP contribution in [0, 0.1) is 6.92 Å². The first-order valence-corrected chi connectivity index (χ1v) is 3.17. The van der Waals surface area contributed by atoms with Gasteiger partial charge in [0, 0.05) is 5.69 Å². The standard InChI is InChI=1S/C8H9N2O/c1-6-4-2-3-5-7(6)10-8(9)11/h2-5H,1H2,(H3,9,10,11). The Kier molecular flexibility index (Phi) is 2.11. The maximum absolute atomic E-state index is 10.4. The predicted molar refractivity (Wildman–Crippen MR) is 44.1 cm³/mol. The number of nitrogens with one attached hydrogen (secondary N) is 1. The van der Waals surface area contributed by atoms with Crippen LogP contribution >= 0.6 is 0 Å². The molecule has 0 aliphatic heterocycles. The van der Waals surface area contributed by atoms with Crippen molar-refractivity contribution in [3.63, 3.8) is 0 Å². The first-order chi connectivity index (χ1) is 5.20. The molecular weight excluding hydrogens is 140 g/mol. The van der Waals surface area contributed by atoms with Crippen LogP contribution in [-0.2, 0) is 0 Å². The molecule has 3 heteroatoms. The van der Waals surface area contributed by atoms with Crippen LogP contribution in [0.15, 0.2) is 24.3 Å². The molecule has 0 spiro atoms. The smallest absolute Gasteiger partial charge is 0.316 e. The lowest BCUT2D eigenvalue weighted by Gasteiger charge is -2.03. The van der Waals surface area contributed by atoms with E-state index in [1.54, 1.807) is 18.2 Å². The Balaban J connectivity index is 2.86. The Morgan fingerprint density at radius 2 is 2.09 bits per heavy atom. The molecule has 0 bridgehead atoms. The highest BCUT2D eigenvalue weighted by Crippen LogP contribution is 2.11. The monoisotopic (exact) mass is 149 g/mol. The molecule has 1 aromatic rings. The zero-order chi connectivity index (χ0) is 8.27. The van der Waals surface area contributed by atoms with Crippen molar-refractivity contribution in [2.75, 3.05) is 5.32 Å². The lowest BCUT2D eigenvalue weighted by atomic mass is 10.2. The summed E-state index contributed by atoms with van der Waals surface area (Å²) >= 11 is 0. The van der Waals surface area contributed by atoms with Crippen LogP contribution in [0.1, 0.15) is 5.56 Å². The van der Waals surface area contributed by atoms with E-state index in [0.29, 0.717) is 5.69 Å². The van der Waals surface area contributed by atoms with Gasteiger partial charge in [-0.25, -0.2) is 4.79 Å². The molecule has 3 nitrogen and oxygen atoms in total. The number of carbonyl (C=O) groups excluding carboxylic acids is 1. The SMILES string of the molecule is [CH2]c1ccccc1NC(N)=O. The van der Waals surface area contributed by atoms with E-state index in [1.165, 1.54) is 0 Å². The molecule has 3 N–H and O–H groups in total. The van der Waals surface area contributed by atoms with Gasteiger partial charge in [-0.05, 0) is 18.6 Å². The Morgan fingerprint density at radius 3 is 2.64 bits per heavy atom. The molecule has 0 atom stereocenters. The van der Waals surface area contributed by atoms with Gasteiger partial charge < -0.3 is 11.1 Å². The van der Waals surface area contributed by atoms with Crippen molar-refractivity contribution >= 4 is 11.7 Å². The first kappa shape index (κ1) is 7.60. The summed E-state index contributed by atoms with van der Waals surface area (Å²) in [6.45, 7) is 3.70. The average molecular weight is 149 g/mol. The van der Waals surface area contributed by atoms with Gasteiger partial charge in [0.1, 0.15) is 0 Å². The number of anilines is 1. The van der Waals surface area contributed by atoms with Gasteiger partial charge in [0.2, 0.25) is 0 Å². The van der Waals surface area contributed by atoms with Gasteiger partial charge in [-0.3, -0.25) is 0 Å². The fraction of sp³-hybridized carbons (Fsp3) is 0. The van der Waals surface area contributed by atoms with Crippen molar-refractivity contribution < 1.29 is 4.79 Å². The van der Waals surface area contributed by atoms with Crippen LogP contribution in [0.25, 0.3) is 0 Å². The first-order valence-electron chi connectivity index (χ1n) is 3.17. The van der Waals surface area contributed by atoms with Gasteiger partial charge >= 0.3 is 6.03 Å². The van der Waals surface area contributed by atoms with Crippen molar-refractivity contribution in [2.24, 2.45) is 5.73 Å². The maximum Gasteiger partial charge on any atom is 0.316 e. The Labute approximate surface area is 65.2 Å². The molecule has 1 rings (SSSR count). The lowest BCUT2D eigenvalue weighted by Crippen LogP contribution is -2.19. The Bertz CT molecular complexity index is 271. The quantitative estimate of drug-likeness (QED) is 0.622. The highest BCUT2D eigenvalue weighted by atomic mass is 16.2. The van der Waals surface area contributed by atoms with E-state index in [0.717, 1.165) is 5.56 Å². The third-order valence-electron chi connectivity index (χ3n) is 1.28. The number of benzene rings is 1. The van der Waals surface area contributed by atoms with Gasteiger partial charge in [0.25, 0.3) is 0 Å². The molecule has 0 heterocycles. The van der Waals surface area contributed by atoms with Gasteiger partial charge in [-0.1, -0.05) is 18.2 Å². The van der Waals surface area contributed by atoms with Gasteiger partial charge in [-0.15, -0.1) is 0 Å². The van der Waals surface area contributed by atoms with Crippen LogP contribution in [0.4, 0.5) is 10.5 Å². The van der Waals surface area contributed by atoms with Crippen molar-refractivity contribution in [3.05, 3.63) is 36.8 Å². The summed E-state index contributed by atoms with van der Waals surface area (Å²) in [4.78, 5) is 10.4. The van der Waals surface area contributed by atoms with Crippen molar-refractivity contribution in [2.45, 2.75) is 0 Å². The van der Waals surface area contributed by atoms with Crippen molar-refractivity contribution in [1.29, 1.82) is 0 Å². The second-order valence-corrected chi connectivity index (χ2v) is 2.15. The van der Waals surface area contributed by atoms with Gasteiger partial charge in [0.15, 0.2) is 0 Å². The summed E-state index contributed by atoms with van der Waals surface area (Å²) in [5.74, 6) is 0. The summed E-state index contributed by atoms with van der Waals surface area (Å²) in [7, 11) is 0. The number of urea groups is 1. The van der Waals surface area contributed by atoms with E-state index in [9.17, 15) is 4.79 Å². The lowest BCUT2D eigenvalue weighted by molar-refractivity contribution is 0.259. The number of hydrogen-bond donors (Lipinski definition) is 2. The summed E-state index contributed by atoms with van der Waals surface area (Å²) < 4.78 is 0. The van der Waals surface area contributed by atoms with Gasteiger partial charge in [-0.2, -0.15) is 0 Å². The number of nitrogens with two attached hydrogens (primary N) is 1. The third kappa shape index (κ3) is 1.97. The Morgan fingerprint density at radius 1 is 1.45 bits per heavy atom. The minimum Gasteiger partial charge on any atom is -0.351 e. The molecule has 57 valence electrons. The van der Waals surface area contributed by atoms with Crippen molar-refractivity contribution in [1.82, 2.24) is 0 Å². The topological polar surface area (TPSA) is 55.1 Å². The number of primary amides is 1. The predicted octanol–water partition coefficient (Wildman–Crippen LogP) is 1.36. The fourth-order valence-corrected chi connectivity index (χ4v) is 0.775. The molecule has 0 fully saturated rings. The largest absolute Gasteiger partial charge is 0.351 e. The van der Waals surface area contributed by atoms with Crippen LogP contribution in [-0.4, -0.2) is 6.03 Å². The highest BCUT2D eigenvalue weighted by Gasteiger charge is 1.96. The maximum atomic E-state index is 10.4. The van der Waals surface area contributed by atoms with E-state index in [-0.39, 0.29) is 0 Å². The number of carbonyl (C=O) groups is 1. The molecule has 2 amide bonds. The summed E-state index contributed by atoms with van der Waals surface area (Å²) in [5, 5.41) is 2.45. The minimum absolute atomic E-state index is 0.568. The summed E-state index contributed by atoms with van der Waals surface area (Å²) in [6, 6.07) is 6.62. The van der Waals surface area contributed by atoms with Crippen LogP contribution < -0.4 is 11.1 Å². The second-order valence-electron chi connectivity index (χ2n) is 2.15. The van der Waals surface area contributed by atoms with E-state index >= 15 is 0 Å². The molecule has 0 aliphatic rings. The molecule has 0 aromatic heterocycles. The van der Waals surface area contributed by atoms with E-state index in [2.05, 4.69) is 12.2 Å². The number of amides is 2. The molecule has 0 aliphatic carbocycles. The molecule has 11 heavy (non-hydrogen) atoms. The van der Waals surface area contributed by atoms with E-state index in [4.69, 9.17) is 5.73 Å². The Hall–Kier alpha value is -1.51. The van der Waals surface area contributed by atoms with Crippen LogP contribution in [0.5, 0.6) is 0 Å². The molecule has 0 saturated carbocycles. The fourth-order valence-electron chi connectivity index (χ4n) is 0.775. The zero-order valence-corrected chi connectivity index (χ0v) is 6.00. The highest BCUT2D eigenvalue weighted by molar-refractivity contribution is 5.88. The number of para-hydroxylation sites is 1. The molecule has 1 radical (unpaired) electrons. The summed E-state index contributed by atoms with van der Waals surface area (Å²) in [6.07, 6.45) is 0. The van der Waals surface area contributed by atoms with E-state index < -0.39 is 6.03 Å². The normalized spacial score (nSPS) is 9.18. The van der Waals surface area contributed by atoms with Crippen LogP contribution in [0.3, 0.4) is 0 Å². The van der Waals surface area contributed by atoms with Gasteiger partial charge in [0.05, 0.1) is 0 Å². The van der Waals surface area contributed by atoms with Crippen molar-refractivity contribution in [3.8, 4) is 0 Å². The zero-order valence-electron chi connectivity index (χ0n) is 6.00. The molecule has 0 unspecified atom stereocenters. The summed E-state index contributed by atoms with van der Waals surface area (Å²) in [5.41, 5.74) is 6.32. The van der Waals surface area contributed by atoms with E-state index in [1.807, 2.05) is 6.07 Å². The number of hydrogen-bond acceptors (Lipinski definition) is 1. The minimum atomic E-state index is -0.568. The number of rotatable bonds is 1.